The van der Waals surface area contributed by atoms with Crippen molar-refractivity contribution >= 4 is 22.7 Å². The highest BCUT2D eigenvalue weighted by Gasteiger charge is 2.16. The second-order valence-electron chi connectivity index (χ2n) is 7.11. The summed E-state index contributed by atoms with van der Waals surface area (Å²) in [5.74, 6) is -0.167. The van der Waals surface area contributed by atoms with E-state index in [2.05, 4.69) is 11.1 Å². The van der Waals surface area contributed by atoms with Gasteiger partial charge in [0.05, 0.1) is 28.6 Å². The van der Waals surface area contributed by atoms with Gasteiger partial charge in [-0.05, 0) is 67.4 Å². The molecule has 1 heterocycles. The van der Waals surface area contributed by atoms with Crippen LogP contribution in [0.1, 0.15) is 22.3 Å². The first-order chi connectivity index (χ1) is 14.5. The van der Waals surface area contributed by atoms with Gasteiger partial charge < -0.3 is 5.11 Å². The van der Waals surface area contributed by atoms with Crippen molar-refractivity contribution in [1.29, 1.82) is 5.26 Å². The summed E-state index contributed by atoms with van der Waals surface area (Å²) < 4.78 is 1.31. The number of benzene rings is 3. The first-order valence-corrected chi connectivity index (χ1v) is 9.48. The van der Waals surface area contributed by atoms with Gasteiger partial charge in [-0.1, -0.05) is 24.3 Å². The van der Waals surface area contributed by atoms with Gasteiger partial charge in [0.2, 0.25) is 5.88 Å². The molecule has 0 atom stereocenters. The Labute approximate surface area is 173 Å². The van der Waals surface area contributed by atoms with Crippen LogP contribution in [0.4, 0.5) is 5.69 Å². The number of aryl methyl sites for hydroxylation is 2. The fraction of sp³-hybridized carbons (Fsp3) is 0.0800. The fourth-order valence-corrected chi connectivity index (χ4v) is 3.35. The van der Waals surface area contributed by atoms with Gasteiger partial charge in [0, 0.05) is 17.0 Å². The first-order valence-electron chi connectivity index (χ1n) is 9.48. The lowest BCUT2D eigenvalue weighted by atomic mass is 10.1. The topological polar surface area (TPSA) is 78.4 Å². The number of aromatic hydroxyl groups is 1. The van der Waals surface area contributed by atoms with Crippen molar-refractivity contribution in [2.75, 3.05) is 0 Å². The van der Waals surface area contributed by atoms with Gasteiger partial charge in [-0.2, -0.15) is 5.26 Å². The van der Waals surface area contributed by atoms with Crippen LogP contribution in [0.25, 0.3) is 16.5 Å². The average Bonchev–Trinajstić information content (AvgIpc) is 2.76. The number of nitriles is 1. The van der Waals surface area contributed by atoms with E-state index in [4.69, 9.17) is 5.26 Å². The third-order valence-corrected chi connectivity index (χ3v) is 5.19. The van der Waals surface area contributed by atoms with E-state index in [0.717, 1.165) is 11.1 Å². The molecule has 5 heteroatoms. The molecule has 4 rings (SSSR count). The van der Waals surface area contributed by atoms with Crippen molar-refractivity contribution in [3.05, 3.63) is 99.3 Å². The number of rotatable bonds is 3. The summed E-state index contributed by atoms with van der Waals surface area (Å²) >= 11 is 0. The highest BCUT2D eigenvalue weighted by molar-refractivity contribution is 6.02. The number of aliphatic imine (C=N–C) groups is 1. The number of nitrogens with zero attached hydrogens (tertiary/aromatic N) is 3. The standard InChI is InChI=1S/C25H19N3O2/c1-16-7-12-20(13-17(16)2)28-24(29)22-6-4-3-5-21(22)23(25(28)30)15-27-19-10-8-18(14-26)9-11-19/h3-13,15,30H,1-2H3. The largest absolute Gasteiger partial charge is 0.494 e. The van der Waals surface area contributed by atoms with Gasteiger partial charge >= 0.3 is 0 Å². The van der Waals surface area contributed by atoms with E-state index in [1.807, 2.05) is 38.1 Å². The maximum absolute atomic E-state index is 13.2. The van der Waals surface area contributed by atoms with E-state index in [-0.39, 0.29) is 11.4 Å². The molecule has 146 valence electrons. The molecule has 3 aromatic carbocycles. The van der Waals surface area contributed by atoms with Gasteiger partial charge in [-0.3, -0.25) is 9.79 Å². The van der Waals surface area contributed by atoms with Crippen LogP contribution in [0.5, 0.6) is 5.88 Å². The van der Waals surface area contributed by atoms with Crippen LogP contribution in [0.2, 0.25) is 0 Å². The maximum Gasteiger partial charge on any atom is 0.265 e. The number of fused-ring (bicyclic) bond motifs is 1. The van der Waals surface area contributed by atoms with Crippen molar-refractivity contribution in [3.8, 4) is 17.6 Å². The SMILES string of the molecule is Cc1ccc(-n2c(O)c(C=Nc3ccc(C#N)cc3)c3ccccc3c2=O)cc1C. The smallest absolute Gasteiger partial charge is 0.265 e. The zero-order valence-electron chi connectivity index (χ0n) is 16.6. The molecule has 0 amide bonds. The van der Waals surface area contributed by atoms with Gasteiger partial charge in [-0.25, -0.2) is 4.57 Å². The molecule has 0 fully saturated rings. The number of hydrogen-bond donors (Lipinski definition) is 1. The van der Waals surface area contributed by atoms with Crippen LogP contribution < -0.4 is 5.56 Å². The van der Waals surface area contributed by atoms with Crippen LogP contribution in [0.15, 0.2) is 76.5 Å². The van der Waals surface area contributed by atoms with Crippen LogP contribution in [-0.2, 0) is 0 Å². The summed E-state index contributed by atoms with van der Waals surface area (Å²) in [6.45, 7) is 3.97. The number of hydrogen-bond acceptors (Lipinski definition) is 4. The van der Waals surface area contributed by atoms with E-state index in [0.29, 0.717) is 33.3 Å². The summed E-state index contributed by atoms with van der Waals surface area (Å²) in [6.07, 6.45) is 1.55. The Kier molecular flexibility index (Phi) is 4.91. The Balaban J connectivity index is 1.94. The van der Waals surface area contributed by atoms with Crippen molar-refractivity contribution < 1.29 is 5.11 Å². The molecule has 0 aliphatic carbocycles. The maximum atomic E-state index is 13.2. The third-order valence-electron chi connectivity index (χ3n) is 5.19. The fourth-order valence-electron chi connectivity index (χ4n) is 3.35. The molecule has 0 aliphatic rings. The van der Waals surface area contributed by atoms with E-state index in [1.165, 1.54) is 4.57 Å². The van der Waals surface area contributed by atoms with Crippen molar-refractivity contribution in [2.24, 2.45) is 4.99 Å². The molecule has 0 unspecified atom stereocenters. The molecule has 5 nitrogen and oxygen atoms in total. The number of aromatic nitrogens is 1. The Morgan fingerprint density at radius 1 is 0.967 bits per heavy atom. The van der Waals surface area contributed by atoms with Crippen molar-refractivity contribution in [2.45, 2.75) is 13.8 Å². The predicted octanol–water partition coefficient (Wildman–Crippen LogP) is 4.94. The summed E-state index contributed by atoms with van der Waals surface area (Å²) in [5, 5.41) is 21.1. The quantitative estimate of drug-likeness (QED) is 0.501. The lowest BCUT2D eigenvalue weighted by molar-refractivity contribution is 0.436. The minimum absolute atomic E-state index is 0.167. The molecule has 0 spiro atoms. The molecule has 1 aromatic heterocycles. The second kappa shape index (κ2) is 7.69. The highest BCUT2D eigenvalue weighted by Crippen LogP contribution is 2.27. The lowest BCUT2D eigenvalue weighted by Crippen LogP contribution is -2.20. The minimum atomic E-state index is -0.290. The Bertz CT molecular complexity index is 1390. The van der Waals surface area contributed by atoms with Crippen LogP contribution in [0, 0.1) is 25.2 Å². The molecule has 0 saturated carbocycles. The van der Waals surface area contributed by atoms with Crippen molar-refractivity contribution in [3.63, 3.8) is 0 Å². The first kappa shape index (κ1) is 19.2. The van der Waals surface area contributed by atoms with Gasteiger partial charge in [0.25, 0.3) is 5.56 Å². The van der Waals surface area contributed by atoms with Gasteiger partial charge in [-0.15, -0.1) is 0 Å². The van der Waals surface area contributed by atoms with Crippen LogP contribution in [-0.4, -0.2) is 15.9 Å². The Morgan fingerprint density at radius 3 is 2.33 bits per heavy atom. The predicted molar refractivity (Wildman–Crippen MR) is 119 cm³/mol. The van der Waals surface area contributed by atoms with E-state index >= 15 is 0 Å². The molecule has 0 aliphatic heterocycles. The van der Waals surface area contributed by atoms with Gasteiger partial charge in [0.15, 0.2) is 0 Å². The van der Waals surface area contributed by atoms with E-state index < -0.39 is 0 Å². The molecule has 0 saturated heterocycles. The molecule has 0 radical (unpaired) electrons. The Morgan fingerprint density at radius 2 is 1.67 bits per heavy atom. The molecular formula is C25H19N3O2. The third kappa shape index (κ3) is 3.36. The zero-order chi connectivity index (χ0) is 21.3. The molecule has 30 heavy (non-hydrogen) atoms. The van der Waals surface area contributed by atoms with Crippen LogP contribution >= 0.6 is 0 Å². The normalized spacial score (nSPS) is 11.1. The molecule has 1 N–H and O–H groups in total. The highest BCUT2D eigenvalue weighted by atomic mass is 16.3. The molecule has 4 aromatic rings. The van der Waals surface area contributed by atoms with Crippen LogP contribution in [0.3, 0.4) is 0 Å². The molecular weight excluding hydrogens is 374 g/mol. The average molecular weight is 393 g/mol. The van der Waals surface area contributed by atoms with Gasteiger partial charge in [0.1, 0.15) is 0 Å². The summed E-state index contributed by atoms with van der Waals surface area (Å²) in [7, 11) is 0. The van der Waals surface area contributed by atoms with E-state index in [1.54, 1.807) is 48.7 Å². The number of pyridine rings is 1. The zero-order valence-corrected chi connectivity index (χ0v) is 16.6. The minimum Gasteiger partial charge on any atom is -0.494 e. The summed E-state index contributed by atoms with van der Waals surface area (Å²) in [6, 6.07) is 21.7. The second-order valence-corrected chi connectivity index (χ2v) is 7.11. The monoisotopic (exact) mass is 393 g/mol. The lowest BCUT2D eigenvalue weighted by Gasteiger charge is -2.14. The molecule has 0 bridgehead atoms. The summed E-state index contributed by atoms with van der Waals surface area (Å²) in [5.41, 5.74) is 4.08. The Hall–Kier alpha value is -4.17. The summed E-state index contributed by atoms with van der Waals surface area (Å²) in [4.78, 5) is 17.6. The van der Waals surface area contributed by atoms with E-state index in [9.17, 15) is 9.90 Å². The van der Waals surface area contributed by atoms with Crippen molar-refractivity contribution in [1.82, 2.24) is 4.57 Å².